The number of rotatable bonds is 36. The zero-order valence-corrected chi connectivity index (χ0v) is 54.8. The monoisotopic (exact) mass is 1230 g/mol. The Morgan fingerprint density at radius 1 is 0.326 bits per heavy atom. The summed E-state index contributed by atoms with van der Waals surface area (Å²) in [6, 6.07) is -7.29. The van der Waals surface area contributed by atoms with Crippen molar-refractivity contribution in [2.75, 3.05) is 6.54 Å². The molecule has 0 fully saturated rings. The third-order valence-corrected chi connectivity index (χ3v) is 11.4. The standard InChI is InChI=1S/C61H106N6O19/c1-56(2,3)81-49(74)36-32-41(53(78)84-59(10,11)12)65-45(69)34-30-39(51(76)82-57(4,5)6)63-44(68)33-29-40(52(77)83-58(7,8)9)64-46(70)35-31-42(54(79)85-60(13,14)15)66-50(75)43(67-55(80)86-61(16,17)18)38-47(71)62-37-27-25-23-21-19-20-22-24-26-28-48(72)73/h39-43H,19-38H2,1-18H3,(H,62,71)(H,63,68)(H,64,70)(H,65,69)(H,66,75)(H,67,80)(H,72,73)/t39-,40-,41-,42-,43-/m0/s1. The van der Waals surface area contributed by atoms with Gasteiger partial charge in [0.2, 0.25) is 29.5 Å². The van der Waals surface area contributed by atoms with E-state index in [1.165, 1.54) is 0 Å². The van der Waals surface area contributed by atoms with Crippen molar-refractivity contribution in [2.24, 2.45) is 0 Å². The number of hydrogen-bond donors (Lipinski definition) is 7. The molecule has 0 spiro atoms. The highest BCUT2D eigenvalue weighted by molar-refractivity contribution is 5.94. The normalized spacial score (nSPS) is 13.8. The Morgan fingerprint density at radius 3 is 0.953 bits per heavy atom. The summed E-state index contributed by atoms with van der Waals surface area (Å²) < 4.78 is 32.9. The quantitative estimate of drug-likeness (QED) is 0.0186. The number of unbranched alkanes of at least 4 members (excludes halogenated alkanes) is 8. The van der Waals surface area contributed by atoms with Crippen LogP contribution in [-0.4, -0.2) is 147 Å². The summed E-state index contributed by atoms with van der Waals surface area (Å²) in [5, 5.41) is 24.1. The molecule has 0 heterocycles. The maximum Gasteiger partial charge on any atom is 0.408 e. The number of amides is 6. The van der Waals surface area contributed by atoms with Crippen LogP contribution in [0, 0.1) is 0 Å². The minimum Gasteiger partial charge on any atom is -0.481 e. The van der Waals surface area contributed by atoms with Gasteiger partial charge in [-0.1, -0.05) is 44.9 Å². The molecule has 25 heteroatoms. The summed E-state index contributed by atoms with van der Waals surface area (Å²) in [4.78, 5) is 158. The number of hydrogen-bond acceptors (Lipinski definition) is 18. The van der Waals surface area contributed by atoms with Crippen LogP contribution >= 0.6 is 0 Å². The molecule has 0 rings (SSSR count). The van der Waals surface area contributed by atoms with Crippen molar-refractivity contribution < 1.29 is 91.1 Å². The number of carbonyl (C=O) groups is 12. The van der Waals surface area contributed by atoms with Gasteiger partial charge in [-0.05, 0) is 163 Å². The summed E-state index contributed by atoms with van der Waals surface area (Å²) >= 11 is 0. The second-order valence-electron chi connectivity index (χ2n) is 27.4. The summed E-state index contributed by atoms with van der Waals surface area (Å²) in [5.74, 6) is -8.92. The van der Waals surface area contributed by atoms with Gasteiger partial charge in [0.1, 0.15) is 63.8 Å². The lowest BCUT2D eigenvalue weighted by molar-refractivity contribution is -0.161. The molecule has 5 atom stereocenters. The molecule has 0 aromatic carbocycles. The first-order valence-corrected chi connectivity index (χ1v) is 30.0. The van der Waals surface area contributed by atoms with Crippen LogP contribution in [0.2, 0.25) is 0 Å². The van der Waals surface area contributed by atoms with Crippen molar-refractivity contribution >= 4 is 71.4 Å². The molecule has 0 saturated heterocycles. The molecule has 0 unspecified atom stereocenters. The van der Waals surface area contributed by atoms with E-state index in [0.29, 0.717) is 12.8 Å². The van der Waals surface area contributed by atoms with Gasteiger partial charge in [-0.15, -0.1) is 0 Å². The van der Waals surface area contributed by atoms with Gasteiger partial charge in [0.25, 0.3) is 0 Å². The molecule has 0 aromatic rings. The Labute approximate surface area is 509 Å². The van der Waals surface area contributed by atoms with Crippen molar-refractivity contribution in [3.63, 3.8) is 0 Å². The fraction of sp³-hybridized carbons (Fsp3) is 0.803. The molecule has 0 radical (unpaired) electrons. The number of carboxylic acids is 1. The van der Waals surface area contributed by atoms with Crippen molar-refractivity contribution in [1.29, 1.82) is 0 Å². The van der Waals surface area contributed by atoms with Gasteiger partial charge in [0.05, 0.1) is 6.42 Å². The highest BCUT2D eigenvalue weighted by Crippen LogP contribution is 2.19. The Kier molecular flexibility index (Phi) is 34.4. The molecule has 6 amide bonds. The van der Waals surface area contributed by atoms with E-state index in [-0.39, 0.29) is 38.6 Å². The van der Waals surface area contributed by atoms with E-state index in [1.807, 2.05) is 0 Å². The largest absolute Gasteiger partial charge is 0.481 e. The van der Waals surface area contributed by atoms with Crippen LogP contribution in [-0.2, 0) is 81.2 Å². The molecule has 86 heavy (non-hydrogen) atoms. The van der Waals surface area contributed by atoms with Crippen LogP contribution in [0.1, 0.15) is 247 Å². The minimum absolute atomic E-state index is 0.166. The molecular weight excluding hydrogens is 1120 g/mol. The van der Waals surface area contributed by atoms with E-state index in [2.05, 4.69) is 31.9 Å². The third kappa shape index (κ3) is 43.1. The summed E-state index contributed by atoms with van der Waals surface area (Å²) in [7, 11) is 0. The summed E-state index contributed by atoms with van der Waals surface area (Å²) in [6.07, 6.45) is 3.52. The Bertz CT molecular complexity index is 2250. The number of ether oxygens (including phenoxy) is 6. The van der Waals surface area contributed by atoms with Crippen LogP contribution in [0.5, 0.6) is 0 Å². The molecule has 0 saturated carbocycles. The number of carbonyl (C=O) groups excluding carboxylic acids is 11. The van der Waals surface area contributed by atoms with Gasteiger partial charge >= 0.3 is 41.9 Å². The molecule has 0 bridgehead atoms. The topological polar surface area (TPSA) is 353 Å². The van der Waals surface area contributed by atoms with E-state index >= 15 is 0 Å². The molecule has 0 aromatic heterocycles. The van der Waals surface area contributed by atoms with Crippen molar-refractivity contribution in [3.05, 3.63) is 0 Å². The maximum absolute atomic E-state index is 14.0. The van der Waals surface area contributed by atoms with Gasteiger partial charge in [-0.25, -0.2) is 24.0 Å². The lowest BCUT2D eigenvalue weighted by Crippen LogP contribution is -2.54. The maximum atomic E-state index is 14.0. The van der Waals surface area contributed by atoms with Gasteiger partial charge in [-0.3, -0.25) is 33.6 Å². The van der Waals surface area contributed by atoms with Crippen LogP contribution < -0.4 is 31.9 Å². The third-order valence-electron chi connectivity index (χ3n) is 11.4. The average Bonchev–Trinajstić information content (AvgIpc) is 3.43. The van der Waals surface area contributed by atoms with E-state index in [0.717, 1.165) is 44.9 Å². The molecule has 25 nitrogen and oxygen atoms in total. The minimum atomic E-state index is -1.56. The van der Waals surface area contributed by atoms with Crippen LogP contribution in [0.25, 0.3) is 0 Å². The Morgan fingerprint density at radius 2 is 0.628 bits per heavy atom. The number of esters is 5. The van der Waals surface area contributed by atoms with E-state index in [9.17, 15) is 57.5 Å². The lowest BCUT2D eigenvalue weighted by atomic mass is 10.1. The van der Waals surface area contributed by atoms with Crippen LogP contribution in [0.15, 0.2) is 0 Å². The van der Waals surface area contributed by atoms with E-state index in [1.54, 1.807) is 125 Å². The fourth-order valence-electron chi connectivity index (χ4n) is 7.82. The van der Waals surface area contributed by atoms with Gasteiger partial charge in [-0.2, -0.15) is 0 Å². The Balaban J connectivity index is 6.36. The lowest BCUT2D eigenvalue weighted by Gasteiger charge is -2.27. The number of aliphatic carboxylic acids is 1. The average molecular weight is 1230 g/mol. The molecule has 7 N–H and O–H groups in total. The number of nitrogens with one attached hydrogen (secondary N) is 6. The smallest absolute Gasteiger partial charge is 0.408 e. The van der Waals surface area contributed by atoms with Crippen molar-refractivity contribution in [1.82, 2.24) is 31.9 Å². The second kappa shape index (κ2) is 37.2. The van der Waals surface area contributed by atoms with Gasteiger partial charge in [0, 0.05) is 38.6 Å². The van der Waals surface area contributed by atoms with Crippen LogP contribution in [0.3, 0.4) is 0 Å². The van der Waals surface area contributed by atoms with Crippen LogP contribution in [0.4, 0.5) is 4.79 Å². The van der Waals surface area contributed by atoms with E-state index in [4.69, 9.17) is 33.5 Å². The second-order valence-corrected chi connectivity index (χ2v) is 27.4. The molecule has 494 valence electrons. The molecule has 0 aliphatic heterocycles. The first kappa shape index (κ1) is 79.4. The zero-order chi connectivity index (χ0) is 66.4. The first-order valence-electron chi connectivity index (χ1n) is 30.0. The SMILES string of the molecule is CC(C)(C)OC(=O)CC[C@H](NC(=O)CC[C@H](NC(=O)CC[C@H](NC(=O)CC[C@H](NC(=O)[C@H](CC(=O)NCCCCCCCCCCCC(=O)O)NC(=O)OC(C)(C)C)C(=O)OC(C)(C)C)C(=O)OC(C)(C)C)C(=O)OC(C)(C)C)C(=O)OC(C)(C)C. The van der Waals surface area contributed by atoms with Crippen molar-refractivity contribution in [3.8, 4) is 0 Å². The fourth-order valence-corrected chi connectivity index (χ4v) is 7.82. The molecule has 0 aliphatic carbocycles. The summed E-state index contributed by atoms with van der Waals surface area (Å²) in [6.45, 7) is 29.3. The number of carboxylic acid groups (broad SMARTS) is 1. The Hall–Kier alpha value is -6.56. The molecule has 0 aliphatic rings. The predicted octanol–water partition coefficient (Wildman–Crippen LogP) is 7.14. The van der Waals surface area contributed by atoms with Gasteiger partial charge in [0.15, 0.2) is 0 Å². The summed E-state index contributed by atoms with van der Waals surface area (Å²) in [5.41, 5.74) is -5.91. The number of alkyl carbamates (subject to hydrolysis) is 1. The highest BCUT2D eigenvalue weighted by atomic mass is 16.6. The van der Waals surface area contributed by atoms with E-state index < -0.39 is 167 Å². The molecular formula is C61H106N6O19. The first-order chi connectivity index (χ1) is 39.2. The highest BCUT2D eigenvalue weighted by Gasteiger charge is 2.36. The van der Waals surface area contributed by atoms with Crippen molar-refractivity contribution in [2.45, 2.75) is 310 Å². The van der Waals surface area contributed by atoms with Gasteiger partial charge < -0.3 is 65.4 Å². The zero-order valence-electron chi connectivity index (χ0n) is 54.8. The predicted molar refractivity (Wildman–Crippen MR) is 318 cm³/mol.